The number of nitrogens with zero attached hydrogens (tertiary/aromatic N) is 3. The molecule has 1 aromatic heterocycles. The van der Waals surface area contributed by atoms with Gasteiger partial charge in [0.2, 0.25) is 5.13 Å². The van der Waals surface area contributed by atoms with Crippen molar-refractivity contribution in [3.63, 3.8) is 0 Å². The Kier molecular flexibility index (Phi) is 4.31. The predicted octanol–water partition coefficient (Wildman–Crippen LogP) is 3.97. The molecular weight excluding hydrogens is 306 g/mol. The molecule has 6 heteroatoms. The fraction of sp³-hybridized carbons (Fsp3) is 0.467. The quantitative estimate of drug-likeness (QED) is 0.853. The normalized spacial score (nSPS) is 18.5. The molecule has 112 valence electrons. The van der Waals surface area contributed by atoms with Gasteiger partial charge in [0.05, 0.1) is 6.54 Å². The van der Waals surface area contributed by atoms with Crippen LogP contribution in [0.4, 0.5) is 5.13 Å². The van der Waals surface area contributed by atoms with Gasteiger partial charge in [0.25, 0.3) is 0 Å². The van der Waals surface area contributed by atoms with Gasteiger partial charge in [-0.15, -0.1) is 10.2 Å². The summed E-state index contributed by atoms with van der Waals surface area (Å²) >= 11 is 7.66. The van der Waals surface area contributed by atoms with Gasteiger partial charge in [-0.05, 0) is 18.2 Å². The lowest BCUT2D eigenvalue weighted by atomic mass is 10.2. The Balaban J connectivity index is 1.62. The fourth-order valence-electron chi connectivity index (χ4n) is 2.32. The molecule has 0 radical (unpaired) electrons. The smallest absolute Gasteiger partial charge is 0.208 e. The van der Waals surface area contributed by atoms with Crippen LogP contribution in [-0.2, 0) is 0 Å². The fourth-order valence-corrected chi connectivity index (χ4v) is 3.38. The third-order valence-corrected chi connectivity index (χ3v) is 4.96. The van der Waals surface area contributed by atoms with Crippen molar-refractivity contribution in [2.24, 2.45) is 0 Å². The SMILES string of the molecule is CC(C)c1nnc(N2CCC(Oc3cccc(Cl)c3)C2)s1. The summed E-state index contributed by atoms with van der Waals surface area (Å²) in [5.74, 6) is 1.26. The van der Waals surface area contributed by atoms with Crippen molar-refractivity contribution in [2.45, 2.75) is 32.3 Å². The Labute approximate surface area is 133 Å². The zero-order chi connectivity index (χ0) is 14.8. The second kappa shape index (κ2) is 6.20. The third-order valence-electron chi connectivity index (χ3n) is 3.44. The molecule has 1 atom stereocenters. The van der Waals surface area contributed by atoms with Gasteiger partial charge >= 0.3 is 0 Å². The highest BCUT2D eigenvalue weighted by Crippen LogP contribution is 2.29. The van der Waals surface area contributed by atoms with Crippen LogP contribution in [-0.4, -0.2) is 29.4 Å². The highest BCUT2D eigenvalue weighted by Gasteiger charge is 2.26. The Hall–Kier alpha value is -1.33. The number of benzene rings is 1. The first kappa shape index (κ1) is 14.6. The second-order valence-corrected chi connectivity index (χ2v) is 6.93. The van der Waals surface area contributed by atoms with Crippen LogP contribution in [0.25, 0.3) is 0 Å². The Morgan fingerprint density at radius 1 is 1.38 bits per heavy atom. The van der Waals surface area contributed by atoms with E-state index in [1.807, 2.05) is 24.3 Å². The summed E-state index contributed by atoms with van der Waals surface area (Å²) < 4.78 is 5.99. The van der Waals surface area contributed by atoms with Crippen LogP contribution >= 0.6 is 22.9 Å². The number of hydrogen-bond donors (Lipinski definition) is 0. The Bertz CT molecular complexity index is 616. The van der Waals surface area contributed by atoms with Gasteiger partial charge in [0.15, 0.2) is 0 Å². The first-order valence-corrected chi connectivity index (χ1v) is 8.32. The van der Waals surface area contributed by atoms with Crippen LogP contribution in [0.3, 0.4) is 0 Å². The minimum Gasteiger partial charge on any atom is -0.488 e. The van der Waals surface area contributed by atoms with E-state index >= 15 is 0 Å². The highest BCUT2D eigenvalue weighted by molar-refractivity contribution is 7.15. The van der Waals surface area contributed by atoms with Crippen molar-refractivity contribution < 1.29 is 4.74 Å². The van der Waals surface area contributed by atoms with Crippen LogP contribution < -0.4 is 9.64 Å². The lowest BCUT2D eigenvalue weighted by molar-refractivity contribution is 0.225. The largest absolute Gasteiger partial charge is 0.488 e. The number of ether oxygens (including phenoxy) is 1. The standard InChI is InChI=1S/C15H18ClN3OS/c1-10(2)14-17-18-15(21-14)19-7-6-13(9-19)20-12-5-3-4-11(16)8-12/h3-5,8,10,13H,6-7,9H2,1-2H3. The Morgan fingerprint density at radius 3 is 2.95 bits per heavy atom. The molecule has 0 amide bonds. The number of anilines is 1. The molecule has 1 unspecified atom stereocenters. The molecule has 2 aromatic rings. The first-order valence-electron chi connectivity index (χ1n) is 7.12. The maximum Gasteiger partial charge on any atom is 0.208 e. The molecule has 0 N–H and O–H groups in total. The molecular formula is C15H18ClN3OS. The topological polar surface area (TPSA) is 38.2 Å². The lowest BCUT2D eigenvalue weighted by Crippen LogP contribution is -2.24. The Morgan fingerprint density at radius 2 is 2.24 bits per heavy atom. The van der Waals surface area contributed by atoms with E-state index in [4.69, 9.17) is 16.3 Å². The van der Waals surface area contributed by atoms with Crippen molar-refractivity contribution in [3.05, 3.63) is 34.3 Å². The van der Waals surface area contributed by atoms with Gasteiger partial charge < -0.3 is 9.64 Å². The molecule has 21 heavy (non-hydrogen) atoms. The summed E-state index contributed by atoms with van der Waals surface area (Å²) in [6, 6.07) is 7.55. The number of rotatable bonds is 4. The lowest BCUT2D eigenvalue weighted by Gasteiger charge is -2.15. The van der Waals surface area contributed by atoms with E-state index in [9.17, 15) is 0 Å². The molecule has 1 aromatic carbocycles. The van der Waals surface area contributed by atoms with E-state index in [1.165, 1.54) is 0 Å². The summed E-state index contributed by atoms with van der Waals surface area (Å²) in [5.41, 5.74) is 0. The minimum atomic E-state index is 0.176. The molecule has 1 saturated heterocycles. The summed E-state index contributed by atoms with van der Waals surface area (Å²) in [4.78, 5) is 2.25. The van der Waals surface area contributed by atoms with Gasteiger partial charge in [0, 0.05) is 23.9 Å². The van der Waals surface area contributed by atoms with Crippen molar-refractivity contribution in [3.8, 4) is 5.75 Å². The number of halogens is 1. The van der Waals surface area contributed by atoms with Crippen molar-refractivity contribution >= 4 is 28.1 Å². The van der Waals surface area contributed by atoms with Crippen LogP contribution in [0.15, 0.2) is 24.3 Å². The maximum absolute atomic E-state index is 5.99. The van der Waals surface area contributed by atoms with E-state index in [2.05, 4.69) is 28.9 Å². The molecule has 0 bridgehead atoms. The number of hydrogen-bond acceptors (Lipinski definition) is 5. The average Bonchev–Trinajstić information content (AvgIpc) is 3.06. The zero-order valence-corrected chi connectivity index (χ0v) is 13.7. The van der Waals surface area contributed by atoms with Gasteiger partial charge in [-0.1, -0.05) is 42.9 Å². The van der Waals surface area contributed by atoms with Crippen molar-refractivity contribution in [1.29, 1.82) is 0 Å². The summed E-state index contributed by atoms with van der Waals surface area (Å²) in [5, 5.41) is 11.3. The van der Waals surface area contributed by atoms with Gasteiger partial charge in [0.1, 0.15) is 16.9 Å². The first-order chi connectivity index (χ1) is 10.1. The maximum atomic E-state index is 5.99. The van der Waals surface area contributed by atoms with E-state index in [0.717, 1.165) is 35.4 Å². The van der Waals surface area contributed by atoms with E-state index in [1.54, 1.807) is 11.3 Å². The molecule has 0 saturated carbocycles. The zero-order valence-electron chi connectivity index (χ0n) is 12.1. The molecule has 3 rings (SSSR count). The minimum absolute atomic E-state index is 0.176. The summed E-state index contributed by atoms with van der Waals surface area (Å²) in [6.45, 7) is 6.08. The van der Waals surface area contributed by atoms with Gasteiger partial charge in [-0.25, -0.2) is 0 Å². The average molecular weight is 324 g/mol. The van der Waals surface area contributed by atoms with Gasteiger partial charge in [-0.2, -0.15) is 0 Å². The third kappa shape index (κ3) is 3.47. The van der Waals surface area contributed by atoms with Crippen LogP contribution in [0.1, 0.15) is 31.2 Å². The second-order valence-electron chi connectivity index (χ2n) is 5.51. The highest BCUT2D eigenvalue weighted by atomic mass is 35.5. The summed E-state index contributed by atoms with van der Waals surface area (Å²) in [6.07, 6.45) is 1.16. The summed E-state index contributed by atoms with van der Waals surface area (Å²) in [7, 11) is 0. The van der Waals surface area contributed by atoms with Crippen molar-refractivity contribution in [2.75, 3.05) is 18.0 Å². The molecule has 1 aliphatic heterocycles. The van der Waals surface area contributed by atoms with Crippen LogP contribution in [0.2, 0.25) is 5.02 Å². The van der Waals surface area contributed by atoms with E-state index in [0.29, 0.717) is 10.9 Å². The molecule has 0 spiro atoms. The van der Waals surface area contributed by atoms with E-state index in [-0.39, 0.29) is 6.10 Å². The van der Waals surface area contributed by atoms with Crippen molar-refractivity contribution in [1.82, 2.24) is 10.2 Å². The number of aromatic nitrogens is 2. The van der Waals surface area contributed by atoms with Gasteiger partial charge in [-0.3, -0.25) is 0 Å². The van der Waals surface area contributed by atoms with E-state index < -0.39 is 0 Å². The molecule has 4 nitrogen and oxygen atoms in total. The monoisotopic (exact) mass is 323 g/mol. The van der Waals surface area contributed by atoms with Crippen LogP contribution in [0.5, 0.6) is 5.75 Å². The molecule has 1 fully saturated rings. The molecule has 0 aliphatic carbocycles. The molecule has 1 aliphatic rings. The van der Waals surface area contributed by atoms with Crippen LogP contribution in [0, 0.1) is 0 Å². The molecule has 2 heterocycles. The predicted molar refractivity (Wildman–Crippen MR) is 86.7 cm³/mol.